The first-order valence-corrected chi connectivity index (χ1v) is 4.72. The van der Waals surface area contributed by atoms with Crippen molar-refractivity contribution in [3.05, 3.63) is 6.33 Å². The van der Waals surface area contributed by atoms with Gasteiger partial charge < -0.3 is 5.32 Å². The molecule has 0 aliphatic rings. The summed E-state index contributed by atoms with van der Waals surface area (Å²) in [6.07, 6.45) is 8.35. The summed E-state index contributed by atoms with van der Waals surface area (Å²) in [6.45, 7) is 2.10. The summed E-state index contributed by atoms with van der Waals surface area (Å²) in [6, 6.07) is -0.209. The van der Waals surface area contributed by atoms with E-state index < -0.39 is 0 Å². The van der Waals surface area contributed by atoms with Gasteiger partial charge in [0.1, 0.15) is 12.9 Å². The SMILES string of the molecule is C#CC(CCC)NC(=O)Cn1cnnn1. The predicted molar refractivity (Wildman–Crippen MR) is 53.5 cm³/mol. The maximum atomic E-state index is 11.4. The van der Waals surface area contributed by atoms with Gasteiger partial charge in [0.05, 0.1) is 6.04 Å². The number of amides is 1. The molecule has 0 aliphatic carbocycles. The number of nitrogens with zero attached hydrogens (tertiary/aromatic N) is 4. The summed E-state index contributed by atoms with van der Waals surface area (Å²) < 4.78 is 1.34. The lowest BCUT2D eigenvalue weighted by molar-refractivity contribution is -0.122. The van der Waals surface area contributed by atoms with E-state index in [0.717, 1.165) is 12.8 Å². The Morgan fingerprint density at radius 1 is 1.73 bits per heavy atom. The van der Waals surface area contributed by atoms with Crippen LogP contribution in [0.15, 0.2) is 6.33 Å². The summed E-state index contributed by atoms with van der Waals surface area (Å²) in [4.78, 5) is 11.4. The van der Waals surface area contributed by atoms with Crippen LogP contribution in [0.25, 0.3) is 0 Å². The normalized spacial score (nSPS) is 11.7. The Hall–Kier alpha value is -1.90. The molecule has 80 valence electrons. The van der Waals surface area contributed by atoms with Crippen molar-refractivity contribution in [3.63, 3.8) is 0 Å². The van der Waals surface area contributed by atoms with Gasteiger partial charge >= 0.3 is 0 Å². The molecule has 0 saturated carbocycles. The lowest BCUT2D eigenvalue weighted by Gasteiger charge is -2.11. The molecule has 15 heavy (non-hydrogen) atoms. The molecule has 1 aromatic rings. The van der Waals surface area contributed by atoms with Crippen LogP contribution in [0.2, 0.25) is 0 Å². The highest BCUT2D eigenvalue weighted by molar-refractivity contribution is 5.76. The van der Waals surface area contributed by atoms with Gasteiger partial charge in [-0.1, -0.05) is 19.3 Å². The molecule has 1 heterocycles. The minimum Gasteiger partial charge on any atom is -0.341 e. The predicted octanol–water partition coefficient (Wildman–Crippen LogP) is -0.409. The second kappa shape index (κ2) is 5.75. The van der Waals surface area contributed by atoms with Gasteiger partial charge in [0.25, 0.3) is 0 Å². The fourth-order valence-corrected chi connectivity index (χ4v) is 1.13. The molecule has 0 saturated heterocycles. The zero-order valence-electron chi connectivity index (χ0n) is 8.55. The Morgan fingerprint density at radius 3 is 3.07 bits per heavy atom. The van der Waals surface area contributed by atoms with E-state index in [9.17, 15) is 4.79 Å². The van der Waals surface area contributed by atoms with Crippen LogP contribution in [0.3, 0.4) is 0 Å². The van der Waals surface area contributed by atoms with Gasteiger partial charge in [0.2, 0.25) is 5.91 Å². The van der Waals surface area contributed by atoms with Crippen LogP contribution in [0.5, 0.6) is 0 Å². The van der Waals surface area contributed by atoms with E-state index in [-0.39, 0.29) is 18.5 Å². The second-order valence-corrected chi connectivity index (χ2v) is 3.08. The molecule has 1 atom stereocenters. The van der Waals surface area contributed by atoms with E-state index >= 15 is 0 Å². The third kappa shape index (κ3) is 3.77. The van der Waals surface area contributed by atoms with Crippen molar-refractivity contribution in [2.45, 2.75) is 32.4 Å². The van der Waals surface area contributed by atoms with Gasteiger partial charge in [-0.15, -0.1) is 11.5 Å². The average molecular weight is 207 g/mol. The van der Waals surface area contributed by atoms with Gasteiger partial charge in [-0.25, -0.2) is 4.68 Å². The van der Waals surface area contributed by atoms with Gasteiger partial charge in [0.15, 0.2) is 0 Å². The molecule has 1 rings (SSSR count). The van der Waals surface area contributed by atoms with E-state index in [1.807, 2.05) is 6.92 Å². The number of hydrogen-bond acceptors (Lipinski definition) is 4. The van der Waals surface area contributed by atoms with E-state index in [0.29, 0.717) is 0 Å². The third-order valence-electron chi connectivity index (χ3n) is 1.81. The highest BCUT2D eigenvalue weighted by Crippen LogP contribution is 1.94. The molecule has 0 aliphatic heterocycles. The Kier molecular flexibility index (Phi) is 4.29. The van der Waals surface area contributed by atoms with Crippen LogP contribution in [-0.4, -0.2) is 32.2 Å². The topological polar surface area (TPSA) is 72.7 Å². The largest absolute Gasteiger partial charge is 0.341 e. The van der Waals surface area contributed by atoms with Crippen LogP contribution in [-0.2, 0) is 11.3 Å². The maximum absolute atomic E-state index is 11.4. The van der Waals surface area contributed by atoms with Crippen LogP contribution in [0.4, 0.5) is 0 Å². The molecule has 1 unspecified atom stereocenters. The molecule has 6 heteroatoms. The van der Waals surface area contributed by atoms with Gasteiger partial charge in [-0.05, 0) is 16.8 Å². The maximum Gasteiger partial charge on any atom is 0.242 e. The summed E-state index contributed by atoms with van der Waals surface area (Å²) in [7, 11) is 0. The Labute approximate surface area is 88.0 Å². The number of carbonyl (C=O) groups excluding carboxylic acids is 1. The molecular formula is C9H13N5O. The van der Waals surface area contributed by atoms with Crippen molar-refractivity contribution >= 4 is 5.91 Å². The third-order valence-corrected chi connectivity index (χ3v) is 1.81. The van der Waals surface area contributed by atoms with E-state index in [4.69, 9.17) is 6.42 Å². The molecule has 0 bridgehead atoms. The van der Waals surface area contributed by atoms with E-state index in [2.05, 4.69) is 26.8 Å². The highest BCUT2D eigenvalue weighted by Gasteiger charge is 2.09. The fraction of sp³-hybridized carbons (Fsp3) is 0.556. The number of carbonyl (C=O) groups is 1. The van der Waals surface area contributed by atoms with Crippen molar-refractivity contribution in [1.29, 1.82) is 0 Å². The lowest BCUT2D eigenvalue weighted by atomic mass is 10.2. The molecule has 1 aromatic heterocycles. The van der Waals surface area contributed by atoms with Gasteiger partial charge in [-0.2, -0.15) is 0 Å². The first-order chi connectivity index (χ1) is 7.26. The van der Waals surface area contributed by atoms with Crippen molar-refractivity contribution in [1.82, 2.24) is 25.5 Å². The fourth-order valence-electron chi connectivity index (χ4n) is 1.13. The lowest BCUT2D eigenvalue weighted by Crippen LogP contribution is -2.36. The van der Waals surface area contributed by atoms with Crippen molar-refractivity contribution < 1.29 is 4.79 Å². The van der Waals surface area contributed by atoms with Crippen molar-refractivity contribution in [3.8, 4) is 12.3 Å². The molecule has 0 aromatic carbocycles. The van der Waals surface area contributed by atoms with E-state index in [1.165, 1.54) is 11.0 Å². The number of terminal acetylenes is 1. The van der Waals surface area contributed by atoms with Gasteiger partial charge in [0, 0.05) is 0 Å². The van der Waals surface area contributed by atoms with Crippen LogP contribution in [0.1, 0.15) is 19.8 Å². The highest BCUT2D eigenvalue weighted by atomic mass is 16.2. The standard InChI is InChI=1S/C9H13N5O/c1-3-5-8(4-2)11-9(15)6-14-7-10-12-13-14/h2,7-8H,3,5-6H2,1H3,(H,11,15). The van der Waals surface area contributed by atoms with Gasteiger partial charge in [-0.3, -0.25) is 4.79 Å². The molecule has 0 spiro atoms. The van der Waals surface area contributed by atoms with Crippen LogP contribution >= 0.6 is 0 Å². The second-order valence-electron chi connectivity index (χ2n) is 3.08. The Morgan fingerprint density at radius 2 is 2.53 bits per heavy atom. The quantitative estimate of drug-likeness (QED) is 0.666. The zero-order chi connectivity index (χ0) is 11.1. The summed E-state index contributed by atoms with van der Waals surface area (Å²) in [5.74, 6) is 2.34. The average Bonchev–Trinajstić information content (AvgIpc) is 2.69. The first kappa shape index (κ1) is 11.2. The summed E-state index contributed by atoms with van der Waals surface area (Å²) in [5, 5.41) is 13.1. The summed E-state index contributed by atoms with van der Waals surface area (Å²) >= 11 is 0. The first-order valence-electron chi connectivity index (χ1n) is 4.72. The minimum absolute atomic E-state index is 0.0922. The number of aromatic nitrogens is 4. The monoisotopic (exact) mass is 207 g/mol. The smallest absolute Gasteiger partial charge is 0.242 e. The van der Waals surface area contributed by atoms with Crippen LogP contribution in [0, 0.1) is 12.3 Å². The number of tetrazole rings is 1. The Balaban J connectivity index is 2.38. The molecular weight excluding hydrogens is 194 g/mol. The molecule has 1 amide bonds. The minimum atomic E-state index is -0.209. The number of hydrogen-bond donors (Lipinski definition) is 1. The van der Waals surface area contributed by atoms with Crippen LogP contribution < -0.4 is 5.32 Å². The molecule has 0 radical (unpaired) electrons. The number of rotatable bonds is 5. The summed E-state index contributed by atoms with van der Waals surface area (Å²) in [5.41, 5.74) is 0. The molecule has 1 N–H and O–H groups in total. The molecule has 0 fully saturated rings. The molecule has 6 nitrogen and oxygen atoms in total. The Bertz CT molecular complexity index is 340. The number of nitrogens with one attached hydrogen (secondary N) is 1. The van der Waals surface area contributed by atoms with E-state index in [1.54, 1.807) is 0 Å². The van der Waals surface area contributed by atoms with Crippen molar-refractivity contribution in [2.75, 3.05) is 0 Å². The van der Waals surface area contributed by atoms with Crippen molar-refractivity contribution in [2.24, 2.45) is 0 Å². The zero-order valence-corrected chi connectivity index (χ0v) is 8.55.